The third-order valence-electron chi connectivity index (χ3n) is 5.99. The van der Waals surface area contributed by atoms with E-state index >= 15 is 0 Å². The Bertz CT molecular complexity index is 779. The van der Waals surface area contributed by atoms with E-state index in [1.54, 1.807) is 6.20 Å². The van der Waals surface area contributed by atoms with Gasteiger partial charge in [0, 0.05) is 38.6 Å². The molecule has 1 aromatic carbocycles. The zero-order valence-electron chi connectivity index (χ0n) is 17.0. The summed E-state index contributed by atoms with van der Waals surface area (Å²) in [5.74, 6) is 0.0842. The first-order valence-electron chi connectivity index (χ1n) is 10.3. The number of rotatable bonds is 5. The Morgan fingerprint density at radius 2 is 1.83 bits per heavy atom. The fourth-order valence-corrected chi connectivity index (χ4v) is 4.38. The lowest BCUT2D eigenvalue weighted by Crippen LogP contribution is -2.61. The molecule has 1 aromatic heterocycles. The Morgan fingerprint density at radius 1 is 1.10 bits per heavy atom. The number of piperidine rings is 1. The third kappa shape index (κ3) is 5.35. The number of morpholine rings is 1. The molecule has 4 rings (SSSR count). The maximum absolute atomic E-state index is 12.6. The molecule has 2 aromatic rings. The number of amides is 1. The standard InChI is InChI=1S/C23H29N3O2.ClH/c1-19-22(27)26(17-21-8-5-12-24-16-21)18-23(28-19)10-14-25(15-11-23)13-9-20-6-3-2-4-7-20;/h2-8,12,16,19H,9-11,13-15,17-18H2,1H3;1H. The molecule has 1 amide bonds. The van der Waals surface area contributed by atoms with E-state index in [1.165, 1.54) is 5.56 Å². The van der Waals surface area contributed by atoms with Gasteiger partial charge in [-0.1, -0.05) is 36.4 Å². The van der Waals surface area contributed by atoms with Crippen LogP contribution >= 0.6 is 12.4 Å². The highest BCUT2D eigenvalue weighted by Crippen LogP contribution is 2.33. The minimum absolute atomic E-state index is 0. The summed E-state index contributed by atoms with van der Waals surface area (Å²) in [7, 11) is 0. The molecule has 1 spiro atoms. The second kappa shape index (κ2) is 9.70. The van der Waals surface area contributed by atoms with Gasteiger partial charge in [0.1, 0.15) is 6.10 Å². The van der Waals surface area contributed by atoms with Gasteiger partial charge in [0.15, 0.2) is 0 Å². The van der Waals surface area contributed by atoms with Crippen LogP contribution in [0.5, 0.6) is 0 Å². The van der Waals surface area contributed by atoms with E-state index in [1.807, 2.05) is 30.2 Å². The summed E-state index contributed by atoms with van der Waals surface area (Å²) < 4.78 is 6.27. The van der Waals surface area contributed by atoms with E-state index in [-0.39, 0.29) is 30.0 Å². The molecule has 6 heteroatoms. The zero-order chi connectivity index (χ0) is 19.4. The van der Waals surface area contributed by atoms with Crippen LogP contribution < -0.4 is 0 Å². The molecule has 0 aliphatic carbocycles. The second-order valence-electron chi connectivity index (χ2n) is 8.08. The van der Waals surface area contributed by atoms with Gasteiger partial charge in [-0.3, -0.25) is 9.78 Å². The van der Waals surface area contributed by atoms with Crippen molar-refractivity contribution in [3.8, 4) is 0 Å². The van der Waals surface area contributed by atoms with Crippen molar-refractivity contribution in [2.45, 2.75) is 44.4 Å². The first-order valence-corrected chi connectivity index (χ1v) is 10.3. The van der Waals surface area contributed by atoms with E-state index in [2.05, 4.69) is 40.2 Å². The maximum Gasteiger partial charge on any atom is 0.251 e. The Balaban J connectivity index is 0.00000240. The van der Waals surface area contributed by atoms with Crippen molar-refractivity contribution in [3.63, 3.8) is 0 Å². The number of nitrogens with zero attached hydrogens (tertiary/aromatic N) is 3. The number of benzene rings is 1. The van der Waals surface area contributed by atoms with Crippen LogP contribution in [-0.2, 0) is 22.5 Å². The van der Waals surface area contributed by atoms with Crippen LogP contribution in [0.15, 0.2) is 54.9 Å². The van der Waals surface area contributed by atoms with E-state index in [0.29, 0.717) is 13.1 Å². The fraction of sp³-hybridized carbons (Fsp3) is 0.478. The molecule has 0 saturated carbocycles. The van der Waals surface area contributed by atoms with Crippen LogP contribution in [-0.4, -0.2) is 58.6 Å². The van der Waals surface area contributed by atoms with Crippen LogP contribution in [0.1, 0.15) is 30.9 Å². The third-order valence-corrected chi connectivity index (χ3v) is 5.99. The Hall–Kier alpha value is -1.95. The minimum atomic E-state index is -0.374. The highest BCUT2D eigenvalue weighted by molar-refractivity contribution is 5.85. The zero-order valence-corrected chi connectivity index (χ0v) is 17.8. The number of pyridine rings is 1. The van der Waals surface area contributed by atoms with Gasteiger partial charge in [-0.25, -0.2) is 0 Å². The number of halogens is 1. The van der Waals surface area contributed by atoms with Crippen molar-refractivity contribution in [1.29, 1.82) is 0 Å². The Kier molecular flexibility index (Phi) is 7.28. The van der Waals surface area contributed by atoms with Crippen LogP contribution in [0.2, 0.25) is 0 Å². The minimum Gasteiger partial charge on any atom is -0.360 e. The molecule has 0 bridgehead atoms. The number of carbonyl (C=O) groups excluding carboxylic acids is 1. The van der Waals surface area contributed by atoms with Gasteiger partial charge in [-0.05, 0) is 43.4 Å². The van der Waals surface area contributed by atoms with Crippen molar-refractivity contribution in [3.05, 3.63) is 66.0 Å². The molecule has 156 valence electrons. The average Bonchev–Trinajstić information content (AvgIpc) is 2.73. The number of hydrogen-bond donors (Lipinski definition) is 0. The Labute approximate surface area is 179 Å². The van der Waals surface area contributed by atoms with E-state index < -0.39 is 0 Å². The molecule has 2 saturated heterocycles. The molecule has 2 aliphatic rings. The molecule has 3 heterocycles. The predicted molar refractivity (Wildman–Crippen MR) is 116 cm³/mol. The van der Waals surface area contributed by atoms with E-state index in [4.69, 9.17) is 4.74 Å². The van der Waals surface area contributed by atoms with Gasteiger partial charge in [-0.15, -0.1) is 12.4 Å². The second-order valence-corrected chi connectivity index (χ2v) is 8.08. The van der Waals surface area contributed by atoms with Gasteiger partial charge in [0.2, 0.25) is 0 Å². The molecule has 2 fully saturated rings. The quantitative estimate of drug-likeness (QED) is 0.751. The maximum atomic E-state index is 12.6. The largest absolute Gasteiger partial charge is 0.360 e. The summed E-state index contributed by atoms with van der Waals surface area (Å²) in [5, 5.41) is 0. The molecule has 29 heavy (non-hydrogen) atoms. The normalized spacial score (nSPS) is 21.8. The highest BCUT2D eigenvalue weighted by atomic mass is 35.5. The predicted octanol–water partition coefficient (Wildman–Crippen LogP) is 3.33. The molecular formula is C23H30ClN3O2. The molecule has 5 nitrogen and oxygen atoms in total. The van der Waals surface area contributed by atoms with Crippen LogP contribution in [0.3, 0.4) is 0 Å². The summed E-state index contributed by atoms with van der Waals surface area (Å²) in [4.78, 5) is 21.3. The van der Waals surface area contributed by atoms with Crippen molar-refractivity contribution in [1.82, 2.24) is 14.8 Å². The molecular weight excluding hydrogens is 386 g/mol. The van der Waals surface area contributed by atoms with Crippen molar-refractivity contribution < 1.29 is 9.53 Å². The first-order chi connectivity index (χ1) is 13.6. The topological polar surface area (TPSA) is 45.7 Å². The number of hydrogen-bond acceptors (Lipinski definition) is 4. The summed E-state index contributed by atoms with van der Waals surface area (Å²) in [6, 6.07) is 14.6. The summed E-state index contributed by atoms with van der Waals surface area (Å²) in [5.41, 5.74) is 2.25. The van der Waals surface area contributed by atoms with Crippen molar-refractivity contribution in [2.24, 2.45) is 0 Å². The first kappa shape index (κ1) is 21.8. The van der Waals surface area contributed by atoms with Crippen molar-refractivity contribution in [2.75, 3.05) is 26.2 Å². The van der Waals surface area contributed by atoms with E-state index in [0.717, 1.165) is 44.5 Å². The van der Waals surface area contributed by atoms with Crippen molar-refractivity contribution >= 4 is 18.3 Å². The molecule has 1 unspecified atom stereocenters. The van der Waals surface area contributed by atoms with Gasteiger partial charge < -0.3 is 14.5 Å². The van der Waals surface area contributed by atoms with Gasteiger partial charge in [0.25, 0.3) is 5.91 Å². The van der Waals surface area contributed by atoms with Crippen LogP contribution in [0.4, 0.5) is 0 Å². The molecule has 2 aliphatic heterocycles. The lowest BCUT2D eigenvalue weighted by atomic mass is 9.88. The number of carbonyl (C=O) groups is 1. The average molecular weight is 416 g/mol. The molecule has 0 N–H and O–H groups in total. The summed E-state index contributed by atoms with van der Waals surface area (Å²) in [6.45, 7) is 6.30. The molecule has 1 atom stereocenters. The summed E-state index contributed by atoms with van der Waals surface area (Å²) in [6.07, 6.45) is 6.26. The van der Waals surface area contributed by atoms with Crippen LogP contribution in [0.25, 0.3) is 0 Å². The van der Waals surface area contributed by atoms with Gasteiger partial charge in [-0.2, -0.15) is 0 Å². The fourth-order valence-electron chi connectivity index (χ4n) is 4.38. The Morgan fingerprint density at radius 3 is 2.52 bits per heavy atom. The van der Waals surface area contributed by atoms with Crippen LogP contribution in [0, 0.1) is 0 Å². The number of ether oxygens (including phenoxy) is 1. The van der Waals surface area contributed by atoms with Gasteiger partial charge in [0.05, 0.1) is 12.1 Å². The lowest BCUT2D eigenvalue weighted by Gasteiger charge is -2.49. The summed E-state index contributed by atoms with van der Waals surface area (Å²) >= 11 is 0. The van der Waals surface area contributed by atoms with Gasteiger partial charge >= 0.3 is 0 Å². The SMILES string of the molecule is CC1OC2(CCN(CCc3ccccc3)CC2)CN(Cc2cccnc2)C1=O.Cl. The number of aromatic nitrogens is 1. The number of likely N-dealkylation sites (tertiary alicyclic amines) is 1. The smallest absolute Gasteiger partial charge is 0.251 e. The highest BCUT2D eigenvalue weighted by Gasteiger charge is 2.45. The van der Waals surface area contributed by atoms with E-state index in [9.17, 15) is 4.79 Å². The molecule has 0 radical (unpaired) electrons. The lowest BCUT2D eigenvalue weighted by molar-refractivity contribution is -0.190. The monoisotopic (exact) mass is 415 g/mol.